The maximum Gasteiger partial charge on any atom is 0.248 e. The summed E-state index contributed by atoms with van der Waals surface area (Å²) in [4.78, 5) is 13.6. The molecular formula is C18H17NO3. The number of carbonyl (C=O) groups excluding carboxylic acids is 1. The fourth-order valence-corrected chi connectivity index (χ4v) is 2.17. The van der Waals surface area contributed by atoms with E-state index in [0.717, 1.165) is 17.1 Å². The molecule has 4 nitrogen and oxygen atoms in total. The molecule has 1 aliphatic heterocycles. The van der Waals surface area contributed by atoms with E-state index in [1.807, 2.05) is 54.6 Å². The first kappa shape index (κ1) is 14.4. The molecule has 3 rings (SSSR count). The van der Waals surface area contributed by atoms with Crippen LogP contribution in [-0.4, -0.2) is 30.7 Å². The summed E-state index contributed by atoms with van der Waals surface area (Å²) < 4.78 is 10.9. The lowest BCUT2D eigenvalue weighted by molar-refractivity contribution is -0.126. The first-order valence-electron chi connectivity index (χ1n) is 7.19. The SMILES string of the molecule is O=C(C=Cc1cccc(Oc2ccccc2)c1)N1CCOC1. The number of carbonyl (C=O) groups is 1. The fourth-order valence-electron chi connectivity index (χ4n) is 2.17. The molecule has 0 bridgehead atoms. The molecule has 4 heteroatoms. The van der Waals surface area contributed by atoms with Crippen molar-refractivity contribution in [3.63, 3.8) is 0 Å². The summed E-state index contributed by atoms with van der Waals surface area (Å²) in [6.45, 7) is 1.64. The second kappa shape index (κ2) is 6.91. The molecule has 0 N–H and O–H groups in total. The molecule has 22 heavy (non-hydrogen) atoms. The lowest BCUT2D eigenvalue weighted by Crippen LogP contribution is -2.26. The van der Waals surface area contributed by atoms with E-state index >= 15 is 0 Å². The molecule has 1 fully saturated rings. The monoisotopic (exact) mass is 295 g/mol. The van der Waals surface area contributed by atoms with Gasteiger partial charge in [-0.05, 0) is 35.9 Å². The molecule has 112 valence electrons. The number of rotatable bonds is 4. The van der Waals surface area contributed by atoms with Crippen molar-refractivity contribution in [1.82, 2.24) is 4.90 Å². The zero-order valence-electron chi connectivity index (χ0n) is 12.1. The Labute approximate surface area is 129 Å². The van der Waals surface area contributed by atoms with Gasteiger partial charge in [-0.1, -0.05) is 30.3 Å². The molecule has 2 aromatic rings. The Morgan fingerprint density at radius 2 is 1.91 bits per heavy atom. The highest BCUT2D eigenvalue weighted by Gasteiger charge is 2.15. The summed E-state index contributed by atoms with van der Waals surface area (Å²) in [5.41, 5.74) is 0.918. The Bertz CT molecular complexity index is 661. The summed E-state index contributed by atoms with van der Waals surface area (Å²) in [6, 6.07) is 17.2. The fraction of sp³-hybridized carbons (Fsp3) is 0.167. The van der Waals surface area contributed by atoms with Crippen molar-refractivity contribution in [2.45, 2.75) is 0 Å². The third kappa shape index (κ3) is 3.74. The van der Waals surface area contributed by atoms with E-state index in [1.54, 1.807) is 17.1 Å². The van der Waals surface area contributed by atoms with Gasteiger partial charge in [-0.15, -0.1) is 0 Å². The third-order valence-electron chi connectivity index (χ3n) is 3.32. The number of nitrogens with zero attached hydrogens (tertiary/aromatic N) is 1. The Kier molecular flexibility index (Phi) is 4.51. The van der Waals surface area contributed by atoms with E-state index in [9.17, 15) is 4.79 Å². The van der Waals surface area contributed by atoms with Gasteiger partial charge in [-0.2, -0.15) is 0 Å². The van der Waals surface area contributed by atoms with Crippen LogP contribution in [0.15, 0.2) is 60.7 Å². The Morgan fingerprint density at radius 3 is 2.68 bits per heavy atom. The maximum atomic E-state index is 11.9. The van der Waals surface area contributed by atoms with Crippen LogP contribution in [0.25, 0.3) is 6.08 Å². The van der Waals surface area contributed by atoms with E-state index in [2.05, 4.69) is 0 Å². The molecule has 0 aromatic heterocycles. The molecule has 1 heterocycles. The van der Waals surface area contributed by atoms with Crippen molar-refractivity contribution >= 4 is 12.0 Å². The Morgan fingerprint density at radius 1 is 1.09 bits per heavy atom. The van der Waals surface area contributed by atoms with Gasteiger partial charge in [0.1, 0.15) is 18.2 Å². The minimum absolute atomic E-state index is 0.0353. The van der Waals surface area contributed by atoms with Gasteiger partial charge in [0.15, 0.2) is 0 Å². The Hall–Kier alpha value is -2.59. The van der Waals surface area contributed by atoms with Crippen LogP contribution in [0.5, 0.6) is 11.5 Å². The van der Waals surface area contributed by atoms with E-state index in [0.29, 0.717) is 19.9 Å². The highest BCUT2D eigenvalue weighted by atomic mass is 16.5. The zero-order chi connectivity index (χ0) is 15.2. The van der Waals surface area contributed by atoms with Crippen molar-refractivity contribution in [2.75, 3.05) is 19.9 Å². The summed E-state index contributed by atoms with van der Waals surface area (Å²) in [5, 5.41) is 0. The number of hydrogen-bond acceptors (Lipinski definition) is 3. The van der Waals surface area contributed by atoms with E-state index < -0.39 is 0 Å². The van der Waals surface area contributed by atoms with Gasteiger partial charge in [0.05, 0.1) is 6.61 Å². The maximum absolute atomic E-state index is 11.9. The molecular weight excluding hydrogens is 278 g/mol. The van der Waals surface area contributed by atoms with Crippen molar-refractivity contribution in [3.8, 4) is 11.5 Å². The smallest absolute Gasteiger partial charge is 0.248 e. The lowest BCUT2D eigenvalue weighted by Gasteiger charge is -2.09. The van der Waals surface area contributed by atoms with Crippen molar-refractivity contribution in [3.05, 3.63) is 66.2 Å². The van der Waals surface area contributed by atoms with Gasteiger partial charge >= 0.3 is 0 Å². The minimum Gasteiger partial charge on any atom is -0.457 e. The van der Waals surface area contributed by atoms with Gasteiger partial charge in [0.2, 0.25) is 5.91 Å². The number of amides is 1. The number of hydrogen-bond donors (Lipinski definition) is 0. The van der Waals surface area contributed by atoms with Crippen LogP contribution in [0.3, 0.4) is 0 Å². The highest BCUT2D eigenvalue weighted by Crippen LogP contribution is 2.22. The number of benzene rings is 2. The Balaban J connectivity index is 1.67. The molecule has 1 aliphatic rings. The number of para-hydroxylation sites is 1. The molecule has 2 aromatic carbocycles. The van der Waals surface area contributed by atoms with E-state index in [-0.39, 0.29) is 5.91 Å². The summed E-state index contributed by atoms with van der Waals surface area (Å²) in [6.07, 6.45) is 3.36. The zero-order valence-corrected chi connectivity index (χ0v) is 12.1. The summed E-state index contributed by atoms with van der Waals surface area (Å²) >= 11 is 0. The van der Waals surface area contributed by atoms with Crippen LogP contribution >= 0.6 is 0 Å². The van der Waals surface area contributed by atoms with Gasteiger partial charge in [0.25, 0.3) is 0 Å². The molecule has 0 spiro atoms. The van der Waals surface area contributed by atoms with Gasteiger partial charge in [0, 0.05) is 12.6 Å². The van der Waals surface area contributed by atoms with Crippen molar-refractivity contribution < 1.29 is 14.3 Å². The normalized spacial score (nSPS) is 14.5. The van der Waals surface area contributed by atoms with Gasteiger partial charge in [-0.25, -0.2) is 0 Å². The molecule has 0 atom stereocenters. The highest BCUT2D eigenvalue weighted by molar-refractivity contribution is 5.91. The van der Waals surface area contributed by atoms with Crippen LogP contribution in [-0.2, 0) is 9.53 Å². The number of ether oxygens (including phenoxy) is 2. The lowest BCUT2D eigenvalue weighted by atomic mass is 10.2. The molecule has 1 amide bonds. The second-order valence-corrected chi connectivity index (χ2v) is 4.96. The third-order valence-corrected chi connectivity index (χ3v) is 3.32. The average molecular weight is 295 g/mol. The van der Waals surface area contributed by atoms with Crippen LogP contribution in [0, 0.1) is 0 Å². The minimum atomic E-state index is -0.0353. The second-order valence-electron chi connectivity index (χ2n) is 4.96. The molecule has 0 unspecified atom stereocenters. The van der Waals surface area contributed by atoms with E-state index in [1.165, 1.54) is 0 Å². The quantitative estimate of drug-likeness (QED) is 0.812. The van der Waals surface area contributed by atoms with Crippen LogP contribution in [0.1, 0.15) is 5.56 Å². The van der Waals surface area contributed by atoms with Crippen LogP contribution < -0.4 is 4.74 Å². The topological polar surface area (TPSA) is 38.8 Å². The predicted octanol–water partition coefficient (Wildman–Crippen LogP) is 3.31. The average Bonchev–Trinajstić information content (AvgIpc) is 3.08. The van der Waals surface area contributed by atoms with Crippen molar-refractivity contribution in [1.29, 1.82) is 0 Å². The summed E-state index contributed by atoms with van der Waals surface area (Å²) in [7, 11) is 0. The van der Waals surface area contributed by atoms with Crippen LogP contribution in [0.4, 0.5) is 0 Å². The van der Waals surface area contributed by atoms with Gasteiger partial charge < -0.3 is 14.4 Å². The van der Waals surface area contributed by atoms with Gasteiger partial charge in [-0.3, -0.25) is 4.79 Å². The first-order chi connectivity index (χ1) is 10.8. The van der Waals surface area contributed by atoms with Crippen molar-refractivity contribution in [2.24, 2.45) is 0 Å². The summed E-state index contributed by atoms with van der Waals surface area (Å²) in [5.74, 6) is 1.49. The standard InChI is InChI=1S/C18H17NO3/c20-18(19-11-12-21-14-19)10-9-15-5-4-8-17(13-15)22-16-6-2-1-3-7-16/h1-10,13H,11-12,14H2. The molecule has 1 saturated heterocycles. The molecule has 0 aliphatic carbocycles. The van der Waals surface area contributed by atoms with Crippen LogP contribution in [0.2, 0.25) is 0 Å². The largest absolute Gasteiger partial charge is 0.457 e. The van der Waals surface area contributed by atoms with E-state index in [4.69, 9.17) is 9.47 Å². The molecule has 0 radical (unpaired) electrons. The first-order valence-corrected chi connectivity index (χ1v) is 7.19. The molecule has 0 saturated carbocycles. The predicted molar refractivity (Wildman–Crippen MR) is 84.5 cm³/mol.